The monoisotopic (exact) mass is 520 g/mol. The molecule has 0 aromatic heterocycles. The van der Waals surface area contributed by atoms with Gasteiger partial charge in [0.2, 0.25) is 23.6 Å². The van der Waals surface area contributed by atoms with E-state index in [1.165, 1.54) is 50.8 Å². The standard InChI is InChI=1S/C27H44N4O6/c1-4-5-6-7-8-9-10-11-12-13-24(35)31-25(20(3)32)27(37)30-22-18-21(33)16-17-28-23(34)15-14-19(2)29-26(22)36/h10-15,19-22,25,32-33H,4-9,16-18H2,1-3H3,(H,28,34)(H,29,36)(H,30,37)(H,31,35)/b11-10+,13-12+,15-14?/t19-,20+,21-,22-,25-/m0/s1. The largest absolute Gasteiger partial charge is 0.393 e. The highest BCUT2D eigenvalue weighted by atomic mass is 16.3. The Balaban J connectivity index is 2.73. The molecule has 5 atom stereocenters. The number of amides is 4. The zero-order chi connectivity index (χ0) is 27.6. The first-order valence-electron chi connectivity index (χ1n) is 13.2. The van der Waals surface area contributed by atoms with Crippen molar-refractivity contribution in [2.24, 2.45) is 0 Å². The second kappa shape index (κ2) is 18.3. The number of unbranched alkanes of at least 4 members (excludes halogenated alkanes) is 5. The third-order valence-electron chi connectivity index (χ3n) is 5.86. The number of aliphatic hydroxyl groups is 2. The lowest BCUT2D eigenvalue weighted by atomic mass is 10.0. The minimum Gasteiger partial charge on any atom is -0.393 e. The van der Waals surface area contributed by atoms with Gasteiger partial charge in [0.05, 0.1) is 12.2 Å². The topological polar surface area (TPSA) is 157 Å². The summed E-state index contributed by atoms with van der Waals surface area (Å²) in [6, 6.07) is -2.92. The molecule has 0 fully saturated rings. The molecule has 0 aliphatic carbocycles. The van der Waals surface area contributed by atoms with Crippen molar-refractivity contribution in [1.29, 1.82) is 0 Å². The van der Waals surface area contributed by atoms with Crippen LogP contribution in [0.2, 0.25) is 0 Å². The van der Waals surface area contributed by atoms with Crippen molar-refractivity contribution in [1.82, 2.24) is 21.3 Å². The van der Waals surface area contributed by atoms with E-state index in [2.05, 4.69) is 28.2 Å². The molecule has 6 N–H and O–H groups in total. The number of allylic oxidation sites excluding steroid dienone is 3. The molecule has 0 bridgehead atoms. The highest BCUT2D eigenvalue weighted by Crippen LogP contribution is 2.07. The minimum atomic E-state index is -1.30. The van der Waals surface area contributed by atoms with E-state index in [0.717, 1.165) is 12.8 Å². The zero-order valence-electron chi connectivity index (χ0n) is 22.2. The number of hydrogen-bond acceptors (Lipinski definition) is 6. The van der Waals surface area contributed by atoms with Crippen molar-refractivity contribution in [3.05, 3.63) is 36.5 Å². The smallest absolute Gasteiger partial charge is 0.245 e. The van der Waals surface area contributed by atoms with Gasteiger partial charge in [0.25, 0.3) is 0 Å². The number of hydrogen-bond donors (Lipinski definition) is 6. The number of aliphatic hydroxyl groups excluding tert-OH is 2. The molecule has 0 aromatic carbocycles. The van der Waals surface area contributed by atoms with Gasteiger partial charge in [-0.3, -0.25) is 19.2 Å². The van der Waals surface area contributed by atoms with E-state index in [9.17, 15) is 29.4 Å². The van der Waals surface area contributed by atoms with Gasteiger partial charge in [-0.2, -0.15) is 0 Å². The number of nitrogens with one attached hydrogen (secondary N) is 4. The Bertz CT molecular complexity index is 824. The summed E-state index contributed by atoms with van der Waals surface area (Å²) in [5.41, 5.74) is 0. The third kappa shape index (κ3) is 14.4. The fourth-order valence-corrected chi connectivity index (χ4v) is 3.70. The molecule has 1 rings (SSSR count). The van der Waals surface area contributed by atoms with Gasteiger partial charge in [0.15, 0.2) is 0 Å². The lowest BCUT2D eigenvalue weighted by Gasteiger charge is -2.26. The molecule has 1 aliphatic rings. The third-order valence-corrected chi connectivity index (χ3v) is 5.86. The quantitative estimate of drug-likeness (QED) is 0.129. The van der Waals surface area contributed by atoms with Gasteiger partial charge in [0, 0.05) is 31.2 Å². The van der Waals surface area contributed by atoms with E-state index < -0.39 is 48.1 Å². The molecule has 0 radical (unpaired) electrons. The Labute approximate surface area is 220 Å². The SMILES string of the molecule is CCCCCCC/C=C/C=C/C(=O)N[C@H](C(=O)N[C@H]1C[C@@H](O)CCNC(=O)C=C[C@H](C)NC1=O)[C@@H](C)O. The summed E-state index contributed by atoms with van der Waals surface area (Å²) in [5.74, 6) is -2.20. The molecule has 0 unspecified atom stereocenters. The van der Waals surface area contributed by atoms with Gasteiger partial charge in [-0.15, -0.1) is 0 Å². The molecule has 10 nitrogen and oxygen atoms in total. The fourth-order valence-electron chi connectivity index (χ4n) is 3.70. The highest BCUT2D eigenvalue weighted by Gasteiger charge is 2.31. The van der Waals surface area contributed by atoms with Crippen LogP contribution in [0.25, 0.3) is 0 Å². The van der Waals surface area contributed by atoms with Gasteiger partial charge < -0.3 is 31.5 Å². The maximum absolute atomic E-state index is 12.9. The summed E-state index contributed by atoms with van der Waals surface area (Å²) in [4.78, 5) is 49.7. The molecular formula is C27H44N4O6. The summed E-state index contributed by atoms with van der Waals surface area (Å²) >= 11 is 0. The maximum Gasteiger partial charge on any atom is 0.245 e. The van der Waals surface area contributed by atoms with Crippen LogP contribution in [0.15, 0.2) is 36.5 Å². The molecule has 208 valence electrons. The van der Waals surface area contributed by atoms with Crippen LogP contribution in [-0.2, 0) is 19.2 Å². The molecular weight excluding hydrogens is 476 g/mol. The van der Waals surface area contributed by atoms with E-state index in [1.54, 1.807) is 19.1 Å². The molecule has 1 heterocycles. The van der Waals surface area contributed by atoms with Crippen molar-refractivity contribution in [3.8, 4) is 0 Å². The number of carbonyl (C=O) groups is 4. The molecule has 37 heavy (non-hydrogen) atoms. The van der Waals surface area contributed by atoms with Crippen LogP contribution in [0.1, 0.15) is 72.1 Å². The first-order valence-corrected chi connectivity index (χ1v) is 13.2. The van der Waals surface area contributed by atoms with E-state index in [0.29, 0.717) is 0 Å². The maximum atomic E-state index is 12.9. The Hall–Kier alpha value is -2.98. The predicted molar refractivity (Wildman–Crippen MR) is 142 cm³/mol. The predicted octanol–water partition coefficient (Wildman–Crippen LogP) is 1.14. The summed E-state index contributed by atoms with van der Waals surface area (Å²) in [6.07, 6.45) is 14.1. The average molecular weight is 521 g/mol. The fraction of sp³-hybridized carbons (Fsp3) is 0.630. The highest BCUT2D eigenvalue weighted by molar-refractivity contribution is 5.95. The summed E-state index contributed by atoms with van der Waals surface area (Å²) in [6.45, 7) is 5.40. The lowest BCUT2D eigenvalue weighted by Crippen LogP contribution is -2.58. The first-order chi connectivity index (χ1) is 17.6. The van der Waals surface area contributed by atoms with Gasteiger partial charge >= 0.3 is 0 Å². The van der Waals surface area contributed by atoms with Gasteiger partial charge in [-0.25, -0.2) is 0 Å². The van der Waals surface area contributed by atoms with Crippen LogP contribution in [0.4, 0.5) is 0 Å². The Morgan fingerprint density at radius 3 is 2.62 bits per heavy atom. The second-order valence-electron chi connectivity index (χ2n) is 9.40. The van der Waals surface area contributed by atoms with Crippen molar-refractivity contribution in [2.45, 2.75) is 102 Å². The van der Waals surface area contributed by atoms with Gasteiger partial charge in [0.1, 0.15) is 12.1 Å². The van der Waals surface area contributed by atoms with Crippen LogP contribution in [-0.4, -0.2) is 70.7 Å². The van der Waals surface area contributed by atoms with Crippen molar-refractivity contribution in [2.75, 3.05) is 6.54 Å². The molecule has 0 aromatic rings. The van der Waals surface area contributed by atoms with Crippen molar-refractivity contribution < 1.29 is 29.4 Å². The summed E-state index contributed by atoms with van der Waals surface area (Å²) in [5, 5.41) is 30.7. The first kappa shape index (κ1) is 32.0. The van der Waals surface area contributed by atoms with Crippen LogP contribution in [0.3, 0.4) is 0 Å². The van der Waals surface area contributed by atoms with Crippen LogP contribution in [0.5, 0.6) is 0 Å². The molecule has 4 amide bonds. The van der Waals surface area contributed by atoms with Crippen LogP contribution in [0, 0.1) is 0 Å². The zero-order valence-corrected chi connectivity index (χ0v) is 22.2. The minimum absolute atomic E-state index is 0.104. The Kier molecular flexibility index (Phi) is 15.8. The Morgan fingerprint density at radius 1 is 1.19 bits per heavy atom. The van der Waals surface area contributed by atoms with E-state index in [-0.39, 0.29) is 25.3 Å². The lowest BCUT2D eigenvalue weighted by molar-refractivity contribution is -0.134. The van der Waals surface area contributed by atoms with Crippen molar-refractivity contribution in [3.63, 3.8) is 0 Å². The van der Waals surface area contributed by atoms with Crippen LogP contribution < -0.4 is 21.3 Å². The number of rotatable bonds is 12. The summed E-state index contributed by atoms with van der Waals surface area (Å²) < 4.78 is 0. The van der Waals surface area contributed by atoms with Gasteiger partial charge in [-0.05, 0) is 33.1 Å². The van der Waals surface area contributed by atoms with E-state index >= 15 is 0 Å². The summed E-state index contributed by atoms with van der Waals surface area (Å²) in [7, 11) is 0. The average Bonchev–Trinajstić information content (AvgIpc) is 2.83. The normalized spacial score (nSPS) is 23.0. The second-order valence-corrected chi connectivity index (χ2v) is 9.40. The molecule has 10 heteroatoms. The van der Waals surface area contributed by atoms with Crippen LogP contribution >= 0.6 is 0 Å². The Morgan fingerprint density at radius 2 is 1.92 bits per heavy atom. The molecule has 1 aliphatic heterocycles. The van der Waals surface area contributed by atoms with E-state index in [4.69, 9.17) is 0 Å². The molecule has 0 saturated heterocycles. The number of carbonyl (C=O) groups excluding carboxylic acids is 4. The molecule has 0 spiro atoms. The van der Waals surface area contributed by atoms with Gasteiger partial charge in [-0.1, -0.05) is 56.9 Å². The molecule has 0 saturated carbocycles. The van der Waals surface area contributed by atoms with Crippen molar-refractivity contribution >= 4 is 23.6 Å². The van der Waals surface area contributed by atoms with E-state index in [1.807, 2.05) is 6.08 Å².